The summed E-state index contributed by atoms with van der Waals surface area (Å²) in [6.07, 6.45) is 4.12. The smallest absolute Gasteiger partial charge is 0.243 e. The Bertz CT molecular complexity index is 778. The average molecular weight is 394 g/mol. The lowest BCUT2D eigenvalue weighted by molar-refractivity contribution is -0.131. The van der Waals surface area contributed by atoms with E-state index in [9.17, 15) is 18.0 Å². The molecular weight excluding hydrogens is 366 g/mol. The van der Waals surface area contributed by atoms with E-state index in [0.29, 0.717) is 38.0 Å². The first-order chi connectivity index (χ1) is 12.9. The highest BCUT2D eigenvalue weighted by Crippen LogP contribution is 2.27. The molecule has 0 saturated carbocycles. The van der Waals surface area contributed by atoms with E-state index in [1.54, 1.807) is 12.1 Å². The van der Waals surface area contributed by atoms with Gasteiger partial charge in [0.1, 0.15) is 0 Å². The lowest BCUT2D eigenvalue weighted by Gasteiger charge is -2.31. The van der Waals surface area contributed by atoms with Crippen molar-refractivity contribution in [2.24, 2.45) is 5.92 Å². The molecule has 3 rings (SSSR count). The number of nitrogens with one attached hydrogen (secondary N) is 1. The molecule has 7 nitrogen and oxygen atoms in total. The highest BCUT2D eigenvalue weighted by Gasteiger charge is 2.31. The fraction of sp³-hybridized carbons (Fsp3) is 0.579. The number of carbonyl (C=O) groups excluding carboxylic acids is 2. The number of benzene rings is 1. The molecule has 0 aromatic heterocycles. The zero-order valence-electron chi connectivity index (χ0n) is 15.7. The van der Waals surface area contributed by atoms with E-state index in [4.69, 9.17) is 0 Å². The molecule has 2 saturated heterocycles. The summed E-state index contributed by atoms with van der Waals surface area (Å²) >= 11 is 0. The largest absolute Gasteiger partial charge is 0.343 e. The highest BCUT2D eigenvalue weighted by atomic mass is 32.2. The Morgan fingerprint density at radius 1 is 1.04 bits per heavy atom. The van der Waals surface area contributed by atoms with Gasteiger partial charge in [-0.2, -0.15) is 4.31 Å². The second-order valence-corrected chi connectivity index (χ2v) is 9.28. The minimum absolute atomic E-state index is 0.198. The van der Waals surface area contributed by atoms with Crippen molar-refractivity contribution in [1.29, 1.82) is 0 Å². The summed E-state index contributed by atoms with van der Waals surface area (Å²) in [5.41, 5.74) is 0.570. The average Bonchev–Trinajstić information content (AvgIpc) is 3.17. The summed E-state index contributed by atoms with van der Waals surface area (Å²) in [5, 5.41) is 2.63. The summed E-state index contributed by atoms with van der Waals surface area (Å²) in [6.45, 7) is 4.01. The first-order valence-corrected chi connectivity index (χ1v) is 11.0. The Balaban J connectivity index is 1.56. The maximum Gasteiger partial charge on any atom is 0.243 e. The molecule has 0 aliphatic carbocycles. The van der Waals surface area contributed by atoms with Gasteiger partial charge in [0.05, 0.1) is 4.90 Å². The van der Waals surface area contributed by atoms with Gasteiger partial charge < -0.3 is 10.2 Å². The summed E-state index contributed by atoms with van der Waals surface area (Å²) in [5.74, 6) is 0.269. The molecule has 2 amide bonds. The number of piperidine rings is 1. The van der Waals surface area contributed by atoms with Crippen LogP contribution in [0.5, 0.6) is 0 Å². The van der Waals surface area contributed by atoms with Gasteiger partial charge in [-0.3, -0.25) is 9.59 Å². The van der Waals surface area contributed by atoms with Gasteiger partial charge in [0.15, 0.2) is 0 Å². The molecule has 1 aromatic rings. The molecule has 1 aromatic carbocycles. The summed E-state index contributed by atoms with van der Waals surface area (Å²) in [7, 11) is -3.55. The van der Waals surface area contributed by atoms with Crippen molar-refractivity contribution in [1.82, 2.24) is 9.21 Å². The van der Waals surface area contributed by atoms with Crippen LogP contribution in [0.4, 0.5) is 5.69 Å². The Kier molecular flexibility index (Phi) is 6.16. The molecule has 8 heteroatoms. The number of anilines is 1. The van der Waals surface area contributed by atoms with Crippen LogP contribution in [0.15, 0.2) is 29.2 Å². The van der Waals surface area contributed by atoms with E-state index in [1.807, 2.05) is 4.90 Å². The molecule has 27 heavy (non-hydrogen) atoms. The van der Waals surface area contributed by atoms with E-state index < -0.39 is 10.0 Å². The van der Waals surface area contributed by atoms with E-state index >= 15 is 0 Å². The van der Waals surface area contributed by atoms with Crippen molar-refractivity contribution in [3.8, 4) is 0 Å². The number of rotatable bonds is 5. The van der Waals surface area contributed by atoms with E-state index in [2.05, 4.69) is 5.32 Å². The molecule has 0 radical (unpaired) electrons. The van der Waals surface area contributed by atoms with Crippen molar-refractivity contribution >= 4 is 27.5 Å². The normalized spacial score (nSPS) is 19.2. The van der Waals surface area contributed by atoms with Crippen LogP contribution in [0.25, 0.3) is 0 Å². The molecule has 0 bridgehead atoms. The fourth-order valence-corrected chi connectivity index (χ4v) is 5.23. The Labute approximate surface area is 160 Å². The van der Waals surface area contributed by atoms with Crippen LogP contribution >= 0.6 is 0 Å². The van der Waals surface area contributed by atoms with E-state index in [1.165, 1.54) is 23.4 Å². The lowest BCUT2D eigenvalue weighted by Crippen LogP contribution is -2.40. The van der Waals surface area contributed by atoms with Gasteiger partial charge in [-0.05, 0) is 55.9 Å². The summed E-state index contributed by atoms with van der Waals surface area (Å²) in [4.78, 5) is 25.5. The SMILES string of the molecule is CC(=O)Nc1ccc(S(=O)(=O)N2CCC(CC(=O)N3CCCC3)CC2)cc1. The molecule has 2 aliphatic heterocycles. The number of hydrogen-bond donors (Lipinski definition) is 1. The summed E-state index contributed by atoms with van der Waals surface area (Å²) < 4.78 is 27.1. The molecule has 2 heterocycles. The third-order valence-corrected chi connectivity index (χ3v) is 7.22. The number of hydrogen-bond acceptors (Lipinski definition) is 4. The minimum Gasteiger partial charge on any atom is -0.343 e. The van der Waals surface area contributed by atoms with Crippen molar-refractivity contribution in [3.05, 3.63) is 24.3 Å². The minimum atomic E-state index is -3.55. The molecule has 0 unspecified atom stereocenters. The third-order valence-electron chi connectivity index (χ3n) is 5.31. The van der Waals surface area contributed by atoms with Crippen LogP contribution in [-0.2, 0) is 19.6 Å². The first-order valence-electron chi connectivity index (χ1n) is 9.52. The number of likely N-dealkylation sites (tertiary alicyclic amines) is 1. The van der Waals surface area contributed by atoms with Crippen LogP contribution in [0, 0.1) is 5.92 Å². The number of sulfonamides is 1. The highest BCUT2D eigenvalue weighted by molar-refractivity contribution is 7.89. The van der Waals surface area contributed by atoms with Crippen LogP contribution in [-0.4, -0.2) is 55.6 Å². The van der Waals surface area contributed by atoms with Gasteiger partial charge in [0, 0.05) is 45.2 Å². The van der Waals surface area contributed by atoms with Gasteiger partial charge in [-0.1, -0.05) is 0 Å². The third kappa shape index (κ3) is 4.87. The zero-order valence-corrected chi connectivity index (χ0v) is 16.5. The van der Waals surface area contributed by atoms with Crippen molar-refractivity contribution < 1.29 is 18.0 Å². The predicted octanol–water partition coefficient (Wildman–Crippen LogP) is 2.06. The second kappa shape index (κ2) is 8.39. The van der Waals surface area contributed by atoms with Gasteiger partial charge in [0.2, 0.25) is 21.8 Å². The maximum absolute atomic E-state index is 12.8. The molecule has 0 atom stereocenters. The zero-order chi connectivity index (χ0) is 19.4. The lowest BCUT2D eigenvalue weighted by atomic mass is 9.94. The van der Waals surface area contributed by atoms with E-state index in [0.717, 1.165) is 25.9 Å². The van der Waals surface area contributed by atoms with E-state index in [-0.39, 0.29) is 22.6 Å². The standard InChI is InChI=1S/C19H27N3O4S/c1-15(23)20-17-4-6-18(7-5-17)27(25,26)22-12-8-16(9-13-22)14-19(24)21-10-2-3-11-21/h4-7,16H,2-3,8-14H2,1H3,(H,20,23). The fourth-order valence-electron chi connectivity index (χ4n) is 3.76. The molecular formula is C19H27N3O4S. The number of carbonyl (C=O) groups is 2. The molecule has 2 aliphatic rings. The van der Waals surface area contributed by atoms with Gasteiger partial charge >= 0.3 is 0 Å². The Hall–Kier alpha value is -1.93. The quantitative estimate of drug-likeness (QED) is 0.830. The van der Waals surface area contributed by atoms with Crippen LogP contribution in [0.2, 0.25) is 0 Å². The van der Waals surface area contributed by atoms with Crippen molar-refractivity contribution in [2.75, 3.05) is 31.5 Å². The Morgan fingerprint density at radius 3 is 2.19 bits per heavy atom. The monoisotopic (exact) mass is 393 g/mol. The molecule has 148 valence electrons. The summed E-state index contributed by atoms with van der Waals surface area (Å²) in [6, 6.07) is 6.22. The predicted molar refractivity (Wildman–Crippen MR) is 103 cm³/mol. The first kappa shape index (κ1) is 19.8. The van der Waals surface area contributed by atoms with Crippen LogP contribution in [0.3, 0.4) is 0 Å². The molecule has 1 N–H and O–H groups in total. The van der Waals surface area contributed by atoms with Crippen LogP contribution in [0.1, 0.15) is 39.0 Å². The van der Waals surface area contributed by atoms with Gasteiger partial charge in [-0.15, -0.1) is 0 Å². The number of amides is 2. The number of nitrogens with zero attached hydrogens (tertiary/aromatic N) is 2. The van der Waals surface area contributed by atoms with Crippen LogP contribution < -0.4 is 5.32 Å². The maximum atomic E-state index is 12.8. The Morgan fingerprint density at radius 2 is 1.63 bits per heavy atom. The molecule has 0 spiro atoms. The van der Waals surface area contributed by atoms with Gasteiger partial charge in [-0.25, -0.2) is 8.42 Å². The second-order valence-electron chi connectivity index (χ2n) is 7.35. The molecule has 2 fully saturated rings. The van der Waals surface area contributed by atoms with Crippen molar-refractivity contribution in [2.45, 2.75) is 43.9 Å². The van der Waals surface area contributed by atoms with Gasteiger partial charge in [0.25, 0.3) is 0 Å². The van der Waals surface area contributed by atoms with Crippen molar-refractivity contribution in [3.63, 3.8) is 0 Å². The topological polar surface area (TPSA) is 86.8 Å².